The van der Waals surface area contributed by atoms with Crippen molar-refractivity contribution in [2.45, 2.75) is 20.8 Å². The molecule has 2 rings (SSSR count). The molecule has 1 heterocycles. The van der Waals surface area contributed by atoms with Crippen molar-refractivity contribution in [3.05, 3.63) is 24.3 Å². The van der Waals surface area contributed by atoms with Gasteiger partial charge < -0.3 is 15.4 Å². The monoisotopic (exact) mass is 305 g/mol. The number of ether oxygens (including phenoxy) is 1. The van der Waals surface area contributed by atoms with E-state index in [0.29, 0.717) is 0 Å². The molecule has 0 radical (unpaired) electrons. The van der Waals surface area contributed by atoms with Gasteiger partial charge in [-0.2, -0.15) is 0 Å². The van der Waals surface area contributed by atoms with Crippen LogP contribution in [0.4, 0.5) is 11.4 Å². The van der Waals surface area contributed by atoms with Crippen molar-refractivity contribution in [2.24, 2.45) is 5.41 Å². The van der Waals surface area contributed by atoms with Gasteiger partial charge in [-0.15, -0.1) is 0 Å². The Labute approximate surface area is 133 Å². The van der Waals surface area contributed by atoms with Crippen LogP contribution >= 0.6 is 0 Å². The van der Waals surface area contributed by atoms with Crippen molar-refractivity contribution in [1.29, 1.82) is 0 Å². The fourth-order valence-electron chi connectivity index (χ4n) is 2.17. The highest BCUT2D eigenvalue weighted by molar-refractivity contribution is 5.94. The van der Waals surface area contributed by atoms with Gasteiger partial charge in [-0.25, -0.2) is 0 Å². The number of hydrogen-bond donors (Lipinski definition) is 2. The van der Waals surface area contributed by atoms with Gasteiger partial charge in [0.05, 0.1) is 13.2 Å². The Morgan fingerprint density at radius 2 is 1.73 bits per heavy atom. The van der Waals surface area contributed by atoms with Gasteiger partial charge in [-0.3, -0.25) is 9.69 Å². The molecule has 5 heteroatoms. The summed E-state index contributed by atoms with van der Waals surface area (Å²) in [4.78, 5) is 14.3. The molecule has 1 aromatic carbocycles. The molecule has 1 saturated heterocycles. The predicted octanol–water partition coefficient (Wildman–Crippen LogP) is 2.42. The van der Waals surface area contributed by atoms with Gasteiger partial charge >= 0.3 is 0 Å². The highest BCUT2D eigenvalue weighted by Crippen LogP contribution is 2.19. The Hall–Kier alpha value is -1.59. The van der Waals surface area contributed by atoms with Gasteiger partial charge in [0.15, 0.2) is 0 Å². The molecule has 0 bridgehead atoms. The molecule has 0 atom stereocenters. The summed E-state index contributed by atoms with van der Waals surface area (Å²) in [6.45, 7) is 11.3. The van der Waals surface area contributed by atoms with E-state index in [2.05, 4.69) is 15.5 Å². The van der Waals surface area contributed by atoms with Crippen molar-refractivity contribution >= 4 is 17.3 Å². The van der Waals surface area contributed by atoms with Crippen LogP contribution in [0.15, 0.2) is 24.3 Å². The lowest BCUT2D eigenvalue weighted by Gasteiger charge is -2.26. The van der Waals surface area contributed by atoms with Gasteiger partial charge in [0, 0.05) is 43.0 Å². The molecule has 2 N–H and O–H groups in total. The Bertz CT molecular complexity index is 474. The maximum Gasteiger partial charge on any atom is 0.229 e. The van der Waals surface area contributed by atoms with Crippen LogP contribution in [0.2, 0.25) is 0 Å². The zero-order valence-corrected chi connectivity index (χ0v) is 13.8. The summed E-state index contributed by atoms with van der Waals surface area (Å²) in [5.74, 6) is 0.0283. The Balaban J connectivity index is 1.75. The number of carbonyl (C=O) groups excluding carboxylic acids is 1. The van der Waals surface area contributed by atoms with Gasteiger partial charge in [-0.1, -0.05) is 20.8 Å². The molecule has 0 unspecified atom stereocenters. The first-order valence-electron chi connectivity index (χ1n) is 7.91. The number of anilines is 2. The van der Waals surface area contributed by atoms with Gasteiger partial charge in [0.2, 0.25) is 5.91 Å². The Kier molecular flexibility index (Phi) is 5.80. The fraction of sp³-hybridized carbons (Fsp3) is 0.588. The summed E-state index contributed by atoms with van der Waals surface area (Å²) < 4.78 is 5.34. The lowest BCUT2D eigenvalue weighted by molar-refractivity contribution is -0.123. The average Bonchev–Trinajstić information content (AvgIpc) is 2.49. The topological polar surface area (TPSA) is 53.6 Å². The zero-order valence-electron chi connectivity index (χ0n) is 13.8. The number of hydrogen-bond acceptors (Lipinski definition) is 4. The van der Waals surface area contributed by atoms with E-state index in [1.54, 1.807) is 0 Å². The lowest BCUT2D eigenvalue weighted by Crippen LogP contribution is -2.38. The van der Waals surface area contributed by atoms with Crippen LogP contribution in [0.3, 0.4) is 0 Å². The number of benzene rings is 1. The van der Waals surface area contributed by atoms with Crippen LogP contribution in [0.5, 0.6) is 0 Å². The minimum atomic E-state index is -0.380. The normalized spacial score (nSPS) is 16.3. The summed E-state index contributed by atoms with van der Waals surface area (Å²) in [6.07, 6.45) is 0. The van der Waals surface area contributed by atoms with Crippen LogP contribution in [0.25, 0.3) is 0 Å². The SMILES string of the molecule is CC(C)(C)C(=O)Nc1ccc(NCCN2CCOCC2)cc1. The van der Waals surface area contributed by atoms with Crippen LogP contribution in [-0.4, -0.2) is 50.2 Å². The van der Waals surface area contributed by atoms with Gasteiger partial charge in [0.25, 0.3) is 0 Å². The first kappa shape index (κ1) is 16.8. The van der Waals surface area contributed by atoms with E-state index < -0.39 is 0 Å². The third-order valence-electron chi connectivity index (χ3n) is 3.68. The van der Waals surface area contributed by atoms with Gasteiger partial charge in [-0.05, 0) is 24.3 Å². The van der Waals surface area contributed by atoms with E-state index in [1.807, 2.05) is 45.0 Å². The fourth-order valence-corrected chi connectivity index (χ4v) is 2.17. The number of rotatable bonds is 5. The van der Waals surface area contributed by atoms with Crippen LogP contribution in [0, 0.1) is 5.41 Å². The summed E-state index contributed by atoms with van der Waals surface area (Å²) in [6, 6.07) is 7.86. The molecular formula is C17H27N3O2. The maximum absolute atomic E-state index is 11.9. The molecule has 1 aromatic rings. The predicted molar refractivity (Wildman–Crippen MR) is 90.3 cm³/mol. The van der Waals surface area contributed by atoms with E-state index in [4.69, 9.17) is 4.74 Å². The molecule has 0 aliphatic carbocycles. The van der Waals surface area contributed by atoms with E-state index in [0.717, 1.165) is 50.8 Å². The Morgan fingerprint density at radius 1 is 1.14 bits per heavy atom. The first-order chi connectivity index (χ1) is 10.4. The first-order valence-corrected chi connectivity index (χ1v) is 7.91. The van der Waals surface area contributed by atoms with Crippen molar-refractivity contribution in [3.8, 4) is 0 Å². The largest absolute Gasteiger partial charge is 0.384 e. The minimum absolute atomic E-state index is 0.0283. The highest BCUT2D eigenvalue weighted by Gasteiger charge is 2.20. The number of amides is 1. The van der Waals surface area contributed by atoms with E-state index >= 15 is 0 Å². The number of nitrogens with one attached hydrogen (secondary N) is 2. The van der Waals surface area contributed by atoms with Crippen molar-refractivity contribution in [2.75, 3.05) is 50.0 Å². The van der Waals surface area contributed by atoms with E-state index in [1.165, 1.54) is 0 Å². The molecule has 5 nitrogen and oxygen atoms in total. The summed E-state index contributed by atoms with van der Waals surface area (Å²) in [7, 11) is 0. The smallest absolute Gasteiger partial charge is 0.229 e. The standard InChI is InChI=1S/C17H27N3O2/c1-17(2,3)16(21)19-15-6-4-14(5-7-15)18-8-9-20-10-12-22-13-11-20/h4-7,18H,8-13H2,1-3H3,(H,19,21). The molecule has 0 aromatic heterocycles. The number of nitrogens with zero attached hydrogens (tertiary/aromatic N) is 1. The second kappa shape index (κ2) is 7.61. The zero-order chi connectivity index (χ0) is 16.0. The van der Waals surface area contributed by atoms with Crippen molar-refractivity contribution < 1.29 is 9.53 Å². The van der Waals surface area contributed by atoms with Crippen molar-refractivity contribution in [3.63, 3.8) is 0 Å². The molecule has 22 heavy (non-hydrogen) atoms. The van der Waals surface area contributed by atoms with Gasteiger partial charge in [0.1, 0.15) is 0 Å². The molecule has 0 spiro atoms. The van der Waals surface area contributed by atoms with Crippen LogP contribution < -0.4 is 10.6 Å². The molecule has 1 aliphatic rings. The molecule has 1 amide bonds. The summed E-state index contributed by atoms with van der Waals surface area (Å²) >= 11 is 0. The molecule has 0 saturated carbocycles. The average molecular weight is 305 g/mol. The molecule has 122 valence electrons. The summed E-state index contributed by atoms with van der Waals surface area (Å²) in [5, 5.41) is 6.34. The minimum Gasteiger partial charge on any atom is -0.384 e. The molecule has 1 aliphatic heterocycles. The molecular weight excluding hydrogens is 278 g/mol. The lowest BCUT2D eigenvalue weighted by atomic mass is 9.95. The Morgan fingerprint density at radius 3 is 2.32 bits per heavy atom. The quantitative estimate of drug-likeness (QED) is 0.877. The molecule has 1 fully saturated rings. The third kappa shape index (κ3) is 5.31. The van der Waals surface area contributed by atoms with Crippen LogP contribution in [-0.2, 0) is 9.53 Å². The third-order valence-corrected chi connectivity index (χ3v) is 3.68. The number of carbonyl (C=O) groups is 1. The second-order valence-electron chi connectivity index (χ2n) is 6.66. The van der Waals surface area contributed by atoms with Crippen LogP contribution in [0.1, 0.15) is 20.8 Å². The summed E-state index contributed by atoms with van der Waals surface area (Å²) in [5.41, 5.74) is 1.52. The highest BCUT2D eigenvalue weighted by atomic mass is 16.5. The van der Waals surface area contributed by atoms with E-state index in [9.17, 15) is 4.79 Å². The maximum atomic E-state index is 11.9. The second-order valence-corrected chi connectivity index (χ2v) is 6.66. The van der Waals surface area contributed by atoms with E-state index in [-0.39, 0.29) is 11.3 Å². The van der Waals surface area contributed by atoms with Crippen molar-refractivity contribution in [1.82, 2.24) is 4.90 Å². The number of morpholine rings is 1.